The highest BCUT2D eigenvalue weighted by Gasteiger charge is 2.43. The number of hydrogen-bond donors (Lipinski definition) is 0. The Kier molecular flexibility index (Phi) is 4.00. The third-order valence-corrected chi connectivity index (χ3v) is 5.75. The molecule has 104 valence electrons. The van der Waals surface area contributed by atoms with Crippen molar-refractivity contribution in [3.63, 3.8) is 0 Å². The Balaban J connectivity index is 1.89. The number of benzene rings is 1. The highest BCUT2D eigenvalue weighted by atomic mass is 79.9. The van der Waals surface area contributed by atoms with Crippen LogP contribution in [0.15, 0.2) is 28.7 Å². The van der Waals surface area contributed by atoms with Crippen molar-refractivity contribution in [3.8, 4) is 0 Å². The quantitative estimate of drug-likeness (QED) is 0.790. The van der Waals surface area contributed by atoms with Gasteiger partial charge in [0.25, 0.3) is 0 Å². The van der Waals surface area contributed by atoms with Crippen LogP contribution in [0.4, 0.5) is 0 Å². The maximum atomic E-state index is 3.56. The van der Waals surface area contributed by atoms with Gasteiger partial charge in [0.1, 0.15) is 0 Å². The van der Waals surface area contributed by atoms with E-state index in [-0.39, 0.29) is 0 Å². The van der Waals surface area contributed by atoms with Gasteiger partial charge in [-0.1, -0.05) is 28.1 Å². The first-order valence-electron chi connectivity index (χ1n) is 7.55. The van der Waals surface area contributed by atoms with Crippen molar-refractivity contribution in [3.05, 3.63) is 34.3 Å². The molecule has 2 atom stereocenters. The van der Waals surface area contributed by atoms with Crippen molar-refractivity contribution in [1.82, 2.24) is 4.90 Å². The fraction of sp³-hybridized carbons (Fsp3) is 0.647. The predicted molar refractivity (Wildman–Crippen MR) is 84.4 cm³/mol. The summed E-state index contributed by atoms with van der Waals surface area (Å²) < 4.78 is 1.20. The molecule has 0 heterocycles. The fourth-order valence-electron chi connectivity index (χ4n) is 4.46. The lowest BCUT2D eigenvalue weighted by molar-refractivity contribution is 0.0507. The first kappa shape index (κ1) is 13.6. The van der Waals surface area contributed by atoms with Gasteiger partial charge in [-0.05, 0) is 81.1 Å². The fourth-order valence-corrected chi connectivity index (χ4v) is 4.73. The van der Waals surface area contributed by atoms with E-state index in [2.05, 4.69) is 59.2 Å². The molecule has 0 amide bonds. The highest BCUT2D eigenvalue weighted by molar-refractivity contribution is 9.10. The minimum absolute atomic E-state index is 0.794. The SMILES string of the molecule is CN(C)C[C@@H]1C2CCC(CC2)C1c1ccc(Br)cc1. The van der Waals surface area contributed by atoms with Gasteiger partial charge in [-0.15, -0.1) is 0 Å². The Hall–Kier alpha value is -0.340. The summed E-state index contributed by atoms with van der Waals surface area (Å²) in [5, 5.41) is 0. The summed E-state index contributed by atoms with van der Waals surface area (Å²) in [5.41, 5.74) is 1.57. The van der Waals surface area contributed by atoms with Gasteiger partial charge in [0.2, 0.25) is 0 Å². The second-order valence-corrected chi connectivity index (χ2v) is 7.59. The zero-order chi connectivity index (χ0) is 13.4. The first-order valence-corrected chi connectivity index (χ1v) is 8.34. The van der Waals surface area contributed by atoms with Gasteiger partial charge < -0.3 is 4.90 Å². The molecule has 3 aliphatic rings. The molecular weight excluding hydrogens is 298 g/mol. The Morgan fingerprint density at radius 3 is 2.16 bits per heavy atom. The molecule has 3 saturated carbocycles. The molecule has 3 fully saturated rings. The van der Waals surface area contributed by atoms with Crippen molar-refractivity contribution < 1.29 is 0 Å². The number of fused-ring (bicyclic) bond motifs is 3. The molecule has 0 saturated heterocycles. The number of rotatable bonds is 3. The number of halogens is 1. The Labute approximate surface area is 125 Å². The predicted octanol–water partition coefficient (Wildman–Crippen LogP) is 4.53. The van der Waals surface area contributed by atoms with Gasteiger partial charge in [-0.25, -0.2) is 0 Å². The molecular formula is C17H24BrN. The van der Waals surface area contributed by atoms with Crippen LogP contribution < -0.4 is 0 Å². The van der Waals surface area contributed by atoms with Gasteiger partial charge in [0, 0.05) is 11.0 Å². The first-order chi connectivity index (χ1) is 9.15. The molecule has 1 aromatic carbocycles. The lowest BCUT2D eigenvalue weighted by atomic mass is 9.57. The molecule has 3 aliphatic carbocycles. The third kappa shape index (κ3) is 2.75. The summed E-state index contributed by atoms with van der Waals surface area (Å²) in [6.45, 7) is 1.25. The maximum absolute atomic E-state index is 3.56. The van der Waals surface area contributed by atoms with Crippen LogP contribution in [-0.2, 0) is 0 Å². The largest absolute Gasteiger partial charge is 0.309 e. The van der Waals surface area contributed by atoms with Gasteiger partial charge in [0.05, 0.1) is 0 Å². The summed E-state index contributed by atoms with van der Waals surface area (Å²) in [6, 6.07) is 9.12. The molecule has 1 aromatic rings. The van der Waals surface area contributed by atoms with Gasteiger partial charge in [-0.3, -0.25) is 0 Å². The Bertz CT molecular complexity index is 417. The summed E-state index contributed by atoms with van der Waals surface area (Å²) in [4.78, 5) is 2.39. The van der Waals surface area contributed by atoms with E-state index in [1.807, 2.05) is 0 Å². The second-order valence-electron chi connectivity index (χ2n) is 6.68. The number of hydrogen-bond acceptors (Lipinski definition) is 1. The van der Waals surface area contributed by atoms with E-state index in [0.29, 0.717) is 0 Å². The topological polar surface area (TPSA) is 3.24 Å². The molecule has 2 bridgehead atoms. The zero-order valence-corrected chi connectivity index (χ0v) is 13.6. The molecule has 19 heavy (non-hydrogen) atoms. The average molecular weight is 322 g/mol. The van der Waals surface area contributed by atoms with Crippen LogP contribution in [0.1, 0.15) is 37.2 Å². The normalized spacial score (nSPS) is 33.9. The number of nitrogens with zero attached hydrogens (tertiary/aromatic N) is 1. The van der Waals surface area contributed by atoms with E-state index in [1.54, 1.807) is 5.56 Å². The molecule has 0 aromatic heterocycles. The van der Waals surface area contributed by atoms with Crippen LogP contribution in [0, 0.1) is 17.8 Å². The lowest BCUT2D eigenvalue weighted by Gasteiger charge is -2.50. The van der Waals surface area contributed by atoms with E-state index < -0.39 is 0 Å². The van der Waals surface area contributed by atoms with Gasteiger partial charge in [-0.2, -0.15) is 0 Å². The van der Waals surface area contributed by atoms with E-state index in [4.69, 9.17) is 0 Å². The molecule has 1 nitrogen and oxygen atoms in total. The second kappa shape index (κ2) is 5.57. The highest BCUT2D eigenvalue weighted by Crippen LogP contribution is 2.53. The van der Waals surface area contributed by atoms with E-state index in [1.165, 1.54) is 36.7 Å². The summed E-state index contributed by atoms with van der Waals surface area (Å²) in [6.07, 6.45) is 5.84. The maximum Gasteiger partial charge on any atom is 0.0175 e. The van der Waals surface area contributed by atoms with Crippen LogP contribution >= 0.6 is 15.9 Å². The molecule has 0 aliphatic heterocycles. The van der Waals surface area contributed by atoms with Crippen LogP contribution in [0.25, 0.3) is 0 Å². The van der Waals surface area contributed by atoms with Crippen molar-refractivity contribution in [1.29, 1.82) is 0 Å². The van der Waals surface area contributed by atoms with Crippen molar-refractivity contribution in [2.24, 2.45) is 17.8 Å². The van der Waals surface area contributed by atoms with Crippen LogP contribution in [0.3, 0.4) is 0 Å². The minimum atomic E-state index is 0.794. The van der Waals surface area contributed by atoms with Crippen molar-refractivity contribution in [2.75, 3.05) is 20.6 Å². The Morgan fingerprint density at radius 1 is 1.00 bits per heavy atom. The van der Waals surface area contributed by atoms with Crippen LogP contribution in [0.2, 0.25) is 0 Å². The summed E-state index contributed by atoms with van der Waals surface area (Å²) >= 11 is 3.56. The van der Waals surface area contributed by atoms with Gasteiger partial charge >= 0.3 is 0 Å². The third-order valence-electron chi connectivity index (χ3n) is 5.22. The smallest absolute Gasteiger partial charge is 0.0175 e. The zero-order valence-electron chi connectivity index (χ0n) is 12.0. The van der Waals surface area contributed by atoms with E-state index in [9.17, 15) is 0 Å². The molecule has 0 N–H and O–H groups in total. The van der Waals surface area contributed by atoms with E-state index >= 15 is 0 Å². The monoisotopic (exact) mass is 321 g/mol. The summed E-state index contributed by atoms with van der Waals surface area (Å²) in [5.74, 6) is 3.55. The van der Waals surface area contributed by atoms with Crippen molar-refractivity contribution in [2.45, 2.75) is 31.6 Å². The van der Waals surface area contributed by atoms with Crippen LogP contribution in [0.5, 0.6) is 0 Å². The lowest BCUT2D eigenvalue weighted by Crippen LogP contribution is -2.43. The molecule has 4 rings (SSSR count). The molecule has 0 radical (unpaired) electrons. The molecule has 0 spiro atoms. The molecule has 1 unspecified atom stereocenters. The summed E-state index contributed by atoms with van der Waals surface area (Å²) in [7, 11) is 4.45. The Morgan fingerprint density at radius 2 is 1.58 bits per heavy atom. The molecule has 2 heteroatoms. The van der Waals surface area contributed by atoms with Gasteiger partial charge in [0.15, 0.2) is 0 Å². The van der Waals surface area contributed by atoms with Crippen molar-refractivity contribution >= 4 is 15.9 Å². The van der Waals surface area contributed by atoms with Crippen LogP contribution in [-0.4, -0.2) is 25.5 Å². The van der Waals surface area contributed by atoms with E-state index in [0.717, 1.165) is 23.7 Å². The average Bonchev–Trinajstić information content (AvgIpc) is 2.41. The minimum Gasteiger partial charge on any atom is -0.309 e. The standard InChI is InChI=1S/C17H24BrN/c1-19(2)11-16-12-3-5-13(6-4-12)17(16)14-7-9-15(18)10-8-14/h7-10,12-13,16-17H,3-6,11H2,1-2H3/t12?,13?,16-,17?/m1/s1.